The van der Waals surface area contributed by atoms with Crippen molar-refractivity contribution < 1.29 is 9.59 Å². The van der Waals surface area contributed by atoms with Crippen LogP contribution < -0.4 is 5.32 Å². The van der Waals surface area contributed by atoms with E-state index in [2.05, 4.69) is 20.2 Å². The molecule has 2 aromatic rings. The van der Waals surface area contributed by atoms with Crippen molar-refractivity contribution in [3.05, 3.63) is 54.4 Å². The van der Waals surface area contributed by atoms with Crippen molar-refractivity contribution in [2.75, 3.05) is 38.5 Å². The zero-order valence-corrected chi connectivity index (χ0v) is 16.6. The zero-order chi connectivity index (χ0) is 19.6. The lowest BCUT2D eigenvalue weighted by Crippen LogP contribution is -2.40. The highest BCUT2D eigenvalue weighted by atomic mass is 32.2. The number of thioether (sulfide) groups is 1. The summed E-state index contributed by atoms with van der Waals surface area (Å²) in [5.41, 5.74) is 1.09. The van der Waals surface area contributed by atoms with Gasteiger partial charge in [-0.25, -0.2) is 9.97 Å². The first kappa shape index (κ1) is 20.3. The molecule has 8 heteroatoms. The first-order valence-electron chi connectivity index (χ1n) is 9.41. The fourth-order valence-corrected chi connectivity index (χ4v) is 3.72. The Hall–Kier alpha value is -2.45. The van der Waals surface area contributed by atoms with Crippen LogP contribution in [0, 0.1) is 0 Å². The van der Waals surface area contributed by atoms with Crippen LogP contribution in [0.25, 0.3) is 0 Å². The molecular formula is C20H25N5O2S. The zero-order valence-electron chi connectivity index (χ0n) is 15.8. The summed E-state index contributed by atoms with van der Waals surface area (Å²) < 4.78 is 0. The van der Waals surface area contributed by atoms with Gasteiger partial charge in [0.05, 0.1) is 12.3 Å². The molecule has 0 radical (unpaired) electrons. The van der Waals surface area contributed by atoms with E-state index in [1.165, 1.54) is 11.8 Å². The van der Waals surface area contributed by atoms with Crippen molar-refractivity contribution in [2.45, 2.75) is 18.1 Å². The third kappa shape index (κ3) is 6.61. The molecule has 2 heterocycles. The fraction of sp³-hybridized carbons (Fsp3) is 0.400. The molecule has 28 heavy (non-hydrogen) atoms. The SMILES string of the molecule is O=C(CN1CCCN(C(=O)CSc2ncccn2)CC1)NCc1ccccc1. The van der Waals surface area contributed by atoms with Gasteiger partial charge in [0.2, 0.25) is 11.8 Å². The topological polar surface area (TPSA) is 78.4 Å². The van der Waals surface area contributed by atoms with E-state index in [4.69, 9.17) is 0 Å². The summed E-state index contributed by atoms with van der Waals surface area (Å²) in [6.45, 7) is 3.78. The lowest BCUT2D eigenvalue weighted by molar-refractivity contribution is -0.128. The molecule has 0 unspecified atom stereocenters. The van der Waals surface area contributed by atoms with Gasteiger partial charge in [-0.1, -0.05) is 42.1 Å². The highest BCUT2D eigenvalue weighted by Crippen LogP contribution is 2.13. The average molecular weight is 400 g/mol. The second-order valence-corrected chi connectivity index (χ2v) is 7.54. The Balaban J connectivity index is 1.39. The molecule has 0 spiro atoms. The van der Waals surface area contributed by atoms with Crippen LogP contribution in [0.4, 0.5) is 0 Å². The molecule has 0 bridgehead atoms. The van der Waals surface area contributed by atoms with Gasteiger partial charge in [-0.05, 0) is 18.1 Å². The maximum absolute atomic E-state index is 12.5. The molecule has 0 aliphatic carbocycles. The molecule has 1 saturated heterocycles. The lowest BCUT2D eigenvalue weighted by Gasteiger charge is -2.21. The summed E-state index contributed by atoms with van der Waals surface area (Å²) in [5, 5.41) is 3.57. The quantitative estimate of drug-likeness (QED) is 0.560. The third-order valence-corrected chi connectivity index (χ3v) is 5.37. The minimum atomic E-state index is 0.0143. The normalized spacial score (nSPS) is 15.1. The summed E-state index contributed by atoms with van der Waals surface area (Å²) in [6.07, 6.45) is 4.21. The maximum atomic E-state index is 12.5. The van der Waals surface area contributed by atoms with E-state index < -0.39 is 0 Å². The largest absolute Gasteiger partial charge is 0.351 e. The third-order valence-electron chi connectivity index (χ3n) is 4.51. The standard InChI is InChI=1S/C20H25N5O2S/c26-18(23-14-17-6-2-1-3-7-17)15-24-10-5-11-25(13-12-24)19(27)16-28-20-21-8-4-9-22-20/h1-4,6-9H,5,10-16H2,(H,23,26). The number of nitrogens with zero attached hydrogens (tertiary/aromatic N) is 4. The van der Waals surface area contributed by atoms with Crippen LogP contribution in [0.1, 0.15) is 12.0 Å². The Morgan fingerprint density at radius 2 is 1.79 bits per heavy atom. The molecule has 148 valence electrons. The number of amides is 2. The number of nitrogens with one attached hydrogen (secondary N) is 1. The van der Waals surface area contributed by atoms with Gasteiger partial charge in [-0.3, -0.25) is 14.5 Å². The first-order valence-corrected chi connectivity index (χ1v) is 10.4. The van der Waals surface area contributed by atoms with E-state index in [9.17, 15) is 9.59 Å². The molecular weight excluding hydrogens is 374 g/mol. The van der Waals surface area contributed by atoms with Crippen LogP contribution in [0.2, 0.25) is 0 Å². The first-order chi connectivity index (χ1) is 13.7. The Kier molecular flexibility index (Phi) is 7.81. The van der Waals surface area contributed by atoms with Gasteiger partial charge < -0.3 is 10.2 Å². The molecule has 1 aromatic heterocycles. The summed E-state index contributed by atoms with van der Waals surface area (Å²) in [4.78, 5) is 36.9. The molecule has 1 N–H and O–H groups in total. The predicted octanol–water partition coefficient (Wildman–Crippen LogP) is 1.42. The Morgan fingerprint density at radius 3 is 2.57 bits per heavy atom. The van der Waals surface area contributed by atoms with Crippen LogP contribution in [-0.2, 0) is 16.1 Å². The van der Waals surface area contributed by atoms with E-state index in [0.29, 0.717) is 37.1 Å². The second kappa shape index (κ2) is 10.8. The van der Waals surface area contributed by atoms with Crippen LogP contribution >= 0.6 is 11.8 Å². The average Bonchev–Trinajstić information content (AvgIpc) is 2.98. The second-order valence-electron chi connectivity index (χ2n) is 6.59. The molecule has 1 fully saturated rings. The van der Waals surface area contributed by atoms with Crippen LogP contribution in [0.3, 0.4) is 0 Å². The Bertz CT molecular complexity index is 760. The summed E-state index contributed by atoms with van der Waals surface area (Å²) >= 11 is 1.35. The number of carbonyl (C=O) groups is 2. The van der Waals surface area contributed by atoms with Crippen molar-refractivity contribution in [1.29, 1.82) is 0 Å². The molecule has 7 nitrogen and oxygen atoms in total. The Labute approximate surface area is 169 Å². The number of hydrogen-bond donors (Lipinski definition) is 1. The summed E-state index contributed by atoms with van der Waals surface area (Å²) in [6, 6.07) is 11.6. The molecule has 1 aliphatic rings. The van der Waals surface area contributed by atoms with Gasteiger partial charge in [-0.2, -0.15) is 0 Å². The van der Waals surface area contributed by atoms with Gasteiger partial charge in [0, 0.05) is 45.1 Å². The van der Waals surface area contributed by atoms with Crippen molar-refractivity contribution in [3.63, 3.8) is 0 Å². The minimum absolute atomic E-state index is 0.0143. The lowest BCUT2D eigenvalue weighted by atomic mass is 10.2. The van der Waals surface area contributed by atoms with Crippen molar-refractivity contribution >= 4 is 23.6 Å². The van der Waals surface area contributed by atoms with Crippen molar-refractivity contribution in [2.24, 2.45) is 0 Å². The molecule has 1 aliphatic heterocycles. The van der Waals surface area contributed by atoms with E-state index in [-0.39, 0.29) is 11.8 Å². The summed E-state index contributed by atoms with van der Waals surface area (Å²) in [5.74, 6) is 0.440. The predicted molar refractivity (Wildman–Crippen MR) is 109 cm³/mol. The van der Waals surface area contributed by atoms with E-state index in [1.807, 2.05) is 35.2 Å². The van der Waals surface area contributed by atoms with Crippen LogP contribution in [0.5, 0.6) is 0 Å². The van der Waals surface area contributed by atoms with E-state index in [0.717, 1.165) is 25.1 Å². The number of carbonyl (C=O) groups excluding carboxylic acids is 2. The van der Waals surface area contributed by atoms with Gasteiger partial charge in [0.15, 0.2) is 5.16 Å². The van der Waals surface area contributed by atoms with Gasteiger partial charge in [0.25, 0.3) is 0 Å². The van der Waals surface area contributed by atoms with Crippen LogP contribution in [0.15, 0.2) is 53.9 Å². The van der Waals surface area contributed by atoms with Crippen LogP contribution in [-0.4, -0.2) is 70.1 Å². The van der Waals surface area contributed by atoms with E-state index >= 15 is 0 Å². The minimum Gasteiger partial charge on any atom is -0.351 e. The molecule has 3 rings (SSSR count). The van der Waals surface area contributed by atoms with Crippen molar-refractivity contribution in [3.8, 4) is 0 Å². The molecule has 0 atom stereocenters. The van der Waals surface area contributed by atoms with E-state index in [1.54, 1.807) is 18.5 Å². The van der Waals surface area contributed by atoms with Crippen molar-refractivity contribution in [1.82, 2.24) is 25.1 Å². The summed E-state index contributed by atoms with van der Waals surface area (Å²) in [7, 11) is 0. The van der Waals surface area contributed by atoms with Gasteiger partial charge in [0.1, 0.15) is 0 Å². The fourth-order valence-electron chi connectivity index (χ4n) is 3.01. The highest BCUT2D eigenvalue weighted by Gasteiger charge is 2.20. The van der Waals surface area contributed by atoms with Gasteiger partial charge >= 0.3 is 0 Å². The molecule has 2 amide bonds. The molecule has 0 saturated carbocycles. The van der Waals surface area contributed by atoms with Gasteiger partial charge in [-0.15, -0.1) is 0 Å². The number of rotatable bonds is 7. The molecule has 1 aromatic carbocycles. The number of hydrogen-bond acceptors (Lipinski definition) is 6. The maximum Gasteiger partial charge on any atom is 0.234 e. The smallest absolute Gasteiger partial charge is 0.234 e. The number of benzene rings is 1. The Morgan fingerprint density at radius 1 is 1.00 bits per heavy atom. The number of aromatic nitrogens is 2. The highest BCUT2D eigenvalue weighted by molar-refractivity contribution is 7.99. The monoisotopic (exact) mass is 399 g/mol.